The number of carboxylic acid groups (broad SMARTS) is 1. The van der Waals surface area contributed by atoms with Gasteiger partial charge < -0.3 is 9.84 Å². The number of ether oxygens (including phenoxy) is 1. The van der Waals surface area contributed by atoms with Crippen molar-refractivity contribution in [3.8, 4) is 11.1 Å². The van der Waals surface area contributed by atoms with Gasteiger partial charge in [0.15, 0.2) is 0 Å². The Kier molecular flexibility index (Phi) is 7.28. The maximum absolute atomic E-state index is 13.1. The summed E-state index contributed by atoms with van der Waals surface area (Å²) in [5.41, 5.74) is 1.85. The molecule has 3 saturated heterocycles. The van der Waals surface area contributed by atoms with Crippen LogP contribution in [-0.2, 0) is 23.9 Å². The van der Waals surface area contributed by atoms with E-state index in [1.807, 2.05) is 53.4 Å². The summed E-state index contributed by atoms with van der Waals surface area (Å²) in [4.78, 5) is 51.3. The zero-order chi connectivity index (χ0) is 28.0. The van der Waals surface area contributed by atoms with E-state index < -0.39 is 35.5 Å². The van der Waals surface area contributed by atoms with E-state index in [0.717, 1.165) is 23.1 Å². The highest BCUT2D eigenvalue weighted by molar-refractivity contribution is 6.30. The molecule has 0 aromatic heterocycles. The Morgan fingerprint density at radius 1 is 1.08 bits per heavy atom. The van der Waals surface area contributed by atoms with Crippen LogP contribution in [0.5, 0.6) is 0 Å². The minimum Gasteiger partial charge on any atom is -0.475 e. The van der Waals surface area contributed by atoms with Crippen LogP contribution in [0.25, 0.3) is 11.1 Å². The monoisotopic (exact) mass is 552 g/mol. The van der Waals surface area contributed by atoms with Crippen LogP contribution in [0.3, 0.4) is 0 Å². The topological polar surface area (TPSA) is 104 Å². The van der Waals surface area contributed by atoms with E-state index in [2.05, 4.69) is 0 Å². The molecule has 202 valence electrons. The van der Waals surface area contributed by atoms with E-state index in [4.69, 9.17) is 26.2 Å². The third kappa shape index (κ3) is 4.43. The predicted octanol–water partition coefficient (Wildman–Crippen LogP) is 3.93. The average molecular weight is 553 g/mol. The first-order valence-corrected chi connectivity index (χ1v) is 12.0. The molecule has 2 aromatic carbocycles. The minimum absolute atomic E-state index is 0.225. The number of esters is 1. The SMILES string of the molecule is COC(=O)[C@@]12CCCN1C(c1ccc(-c3cccc(Cl)c3)cc1)C1C(=O)N(C)C(=O)C12.O=C(O)C(F)(F)F. The van der Waals surface area contributed by atoms with Crippen LogP contribution in [0, 0.1) is 11.8 Å². The highest BCUT2D eigenvalue weighted by Gasteiger charge is 2.72. The molecule has 1 N–H and O–H groups in total. The van der Waals surface area contributed by atoms with Crippen molar-refractivity contribution in [2.45, 2.75) is 30.6 Å². The van der Waals surface area contributed by atoms with Crippen molar-refractivity contribution in [1.29, 1.82) is 0 Å². The summed E-state index contributed by atoms with van der Waals surface area (Å²) in [5, 5.41) is 7.79. The number of hydrogen-bond donors (Lipinski definition) is 1. The van der Waals surface area contributed by atoms with E-state index in [-0.39, 0.29) is 17.9 Å². The van der Waals surface area contributed by atoms with Crippen molar-refractivity contribution in [3.63, 3.8) is 0 Å². The van der Waals surface area contributed by atoms with Crippen LogP contribution >= 0.6 is 11.6 Å². The Balaban J connectivity index is 0.000000426. The number of benzene rings is 2. The lowest BCUT2D eigenvalue weighted by Crippen LogP contribution is -2.54. The fraction of sp³-hybridized carbons (Fsp3) is 0.385. The largest absolute Gasteiger partial charge is 0.490 e. The molecule has 2 aromatic rings. The number of alkyl halides is 3. The highest BCUT2D eigenvalue weighted by Crippen LogP contribution is 2.59. The van der Waals surface area contributed by atoms with Gasteiger partial charge in [-0.2, -0.15) is 13.2 Å². The summed E-state index contributed by atoms with van der Waals surface area (Å²) in [7, 11) is 2.85. The maximum Gasteiger partial charge on any atom is 0.490 e. The molecule has 2 amide bonds. The molecule has 3 fully saturated rings. The molecule has 8 nitrogen and oxygen atoms in total. The summed E-state index contributed by atoms with van der Waals surface area (Å²) in [6, 6.07) is 15.2. The number of likely N-dealkylation sites (tertiary alicyclic amines) is 1. The van der Waals surface area contributed by atoms with Crippen LogP contribution in [0.2, 0.25) is 5.02 Å². The van der Waals surface area contributed by atoms with E-state index in [9.17, 15) is 27.6 Å². The van der Waals surface area contributed by atoms with Crippen molar-refractivity contribution >= 4 is 35.4 Å². The fourth-order valence-corrected chi connectivity index (χ4v) is 6.07. The summed E-state index contributed by atoms with van der Waals surface area (Å²) in [6.07, 6.45) is -3.79. The molecule has 3 heterocycles. The number of imide groups is 1. The van der Waals surface area contributed by atoms with Crippen LogP contribution in [-0.4, -0.2) is 71.1 Å². The number of carboxylic acids is 1. The molecular formula is C26H24ClF3N2O6. The highest BCUT2D eigenvalue weighted by atomic mass is 35.5. The van der Waals surface area contributed by atoms with Gasteiger partial charge in [0, 0.05) is 18.1 Å². The molecular weight excluding hydrogens is 529 g/mol. The molecule has 0 spiro atoms. The second-order valence-corrected chi connectivity index (χ2v) is 9.77. The minimum atomic E-state index is -5.08. The maximum atomic E-state index is 13.1. The van der Waals surface area contributed by atoms with E-state index in [1.165, 1.54) is 19.1 Å². The van der Waals surface area contributed by atoms with Gasteiger partial charge in [0.05, 0.1) is 18.9 Å². The molecule has 3 aliphatic heterocycles. The zero-order valence-electron chi connectivity index (χ0n) is 20.4. The average Bonchev–Trinajstić information content (AvgIpc) is 3.49. The third-order valence-corrected chi connectivity index (χ3v) is 7.66. The number of carbonyl (C=O) groups is 4. The number of rotatable bonds is 3. The van der Waals surface area contributed by atoms with Crippen molar-refractivity contribution in [2.24, 2.45) is 11.8 Å². The lowest BCUT2D eigenvalue weighted by molar-refractivity contribution is -0.192. The predicted molar refractivity (Wildman–Crippen MR) is 129 cm³/mol. The molecule has 0 aliphatic carbocycles. The molecule has 0 radical (unpaired) electrons. The number of fused-ring (bicyclic) bond motifs is 3. The molecule has 3 unspecified atom stereocenters. The van der Waals surface area contributed by atoms with E-state index in [1.54, 1.807) is 0 Å². The Bertz CT molecular complexity index is 1280. The van der Waals surface area contributed by atoms with Crippen LogP contribution in [0.4, 0.5) is 13.2 Å². The number of halogens is 4. The number of carbonyl (C=O) groups excluding carboxylic acids is 3. The van der Waals surface area contributed by atoms with Crippen LogP contribution in [0.1, 0.15) is 24.4 Å². The molecule has 5 rings (SSSR count). The number of aliphatic carboxylic acids is 1. The van der Waals surface area contributed by atoms with Gasteiger partial charge in [-0.05, 0) is 48.2 Å². The Labute approximate surface area is 220 Å². The standard InChI is InChI=1S/C24H23ClN2O4.C2HF3O2/c1-26-21(28)18-19(22(26)29)24(23(30)31-2)11-4-12-27(24)20(18)15-9-7-14(8-10-15)16-5-3-6-17(25)13-16;3-2(4,5)1(6)7/h3,5-10,13,18-20H,4,11-12H2,1-2H3;(H,6,7)/t18?,19?,20?,24-;/m0./s1. The Morgan fingerprint density at radius 2 is 1.71 bits per heavy atom. The van der Waals surface area contributed by atoms with Crippen molar-refractivity contribution in [3.05, 3.63) is 59.1 Å². The van der Waals surface area contributed by atoms with Gasteiger partial charge in [0.1, 0.15) is 5.54 Å². The van der Waals surface area contributed by atoms with Gasteiger partial charge in [-0.1, -0.05) is 48.0 Å². The number of methoxy groups -OCH3 is 1. The van der Waals surface area contributed by atoms with Gasteiger partial charge in [0.25, 0.3) is 0 Å². The molecule has 4 atom stereocenters. The lowest BCUT2D eigenvalue weighted by Gasteiger charge is -2.35. The van der Waals surface area contributed by atoms with E-state index >= 15 is 0 Å². The number of hydrogen-bond acceptors (Lipinski definition) is 6. The van der Waals surface area contributed by atoms with Crippen molar-refractivity contribution in [1.82, 2.24) is 9.80 Å². The fourth-order valence-electron chi connectivity index (χ4n) is 5.88. The normalized spacial score (nSPS) is 26.5. The van der Waals surface area contributed by atoms with Crippen LogP contribution in [0.15, 0.2) is 48.5 Å². The zero-order valence-corrected chi connectivity index (χ0v) is 21.1. The molecule has 38 heavy (non-hydrogen) atoms. The third-order valence-electron chi connectivity index (χ3n) is 7.42. The van der Waals surface area contributed by atoms with Crippen molar-refractivity contribution in [2.75, 3.05) is 20.7 Å². The second-order valence-electron chi connectivity index (χ2n) is 9.33. The number of nitrogens with zero attached hydrogens (tertiary/aromatic N) is 2. The Hall–Kier alpha value is -3.44. The molecule has 0 saturated carbocycles. The second kappa shape index (κ2) is 10.0. The summed E-state index contributed by atoms with van der Waals surface area (Å²) < 4.78 is 36.9. The molecule has 3 aliphatic rings. The van der Waals surface area contributed by atoms with E-state index in [0.29, 0.717) is 18.0 Å². The van der Waals surface area contributed by atoms with Crippen molar-refractivity contribution < 1.29 is 42.2 Å². The molecule has 12 heteroatoms. The first kappa shape index (κ1) is 27.6. The summed E-state index contributed by atoms with van der Waals surface area (Å²) >= 11 is 6.13. The summed E-state index contributed by atoms with van der Waals surface area (Å²) in [6.45, 7) is 0.646. The van der Waals surface area contributed by atoms with Gasteiger partial charge in [-0.3, -0.25) is 24.2 Å². The number of amides is 2. The van der Waals surface area contributed by atoms with Gasteiger partial charge >= 0.3 is 18.1 Å². The van der Waals surface area contributed by atoms with Gasteiger partial charge in [-0.25, -0.2) is 4.79 Å². The Morgan fingerprint density at radius 3 is 2.26 bits per heavy atom. The summed E-state index contributed by atoms with van der Waals surface area (Å²) in [5.74, 6) is -4.99. The van der Waals surface area contributed by atoms with Gasteiger partial charge in [-0.15, -0.1) is 0 Å². The van der Waals surface area contributed by atoms with Gasteiger partial charge in [0.2, 0.25) is 11.8 Å². The van der Waals surface area contributed by atoms with Crippen LogP contribution < -0.4 is 0 Å². The molecule has 0 bridgehead atoms. The lowest BCUT2D eigenvalue weighted by atomic mass is 9.77. The first-order chi connectivity index (χ1) is 17.8. The quantitative estimate of drug-likeness (QED) is 0.454. The smallest absolute Gasteiger partial charge is 0.475 e. The first-order valence-electron chi connectivity index (χ1n) is 11.7.